The summed E-state index contributed by atoms with van der Waals surface area (Å²) in [5.74, 6) is 1.66. The van der Waals surface area contributed by atoms with Crippen LogP contribution < -0.4 is 14.2 Å². The predicted octanol–water partition coefficient (Wildman–Crippen LogP) is 15.7. The number of ether oxygens (including phenoxy) is 3. The summed E-state index contributed by atoms with van der Waals surface area (Å²) >= 11 is 0. The number of rotatable bonds is 9. The second-order valence-electron chi connectivity index (χ2n) is 21.1. The highest BCUT2D eigenvalue weighted by molar-refractivity contribution is 6.15. The number of hydrogen-bond donors (Lipinski definition) is 0. The van der Waals surface area contributed by atoms with E-state index >= 15 is 0 Å². The minimum absolute atomic E-state index is 0.0292. The van der Waals surface area contributed by atoms with Crippen molar-refractivity contribution in [1.82, 2.24) is 9.97 Å². The lowest BCUT2D eigenvalue weighted by Crippen LogP contribution is -2.11. The van der Waals surface area contributed by atoms with Gasteiger partial charge in [-0.05, 0) is 112 Å². The van der Waals surface area contributed by atoms with E-state index in [1.165, 1.54) is 22.3 Å². The lowest BCUT2D eigenvalue weighted by atomic mass is 9.73. The van der Waals surface area contributed by atoms with Gasteiger partial charge in [-0.15, -0.1) is 0 Å². The fourth-order valence-corrected chi connectivity index (χ4v) is 8.68. The Morgan fingerprint density at radius 1 is 0.312 bits per heavy atom. The maximum Gasteiger partial charge on any atom is 0.203 e. The van der Waals surface area contributed by atoms with Crippen molar-refractivity contribution in [2.75, 3.05) is 21.3 Å². The Morgan fingerprint density at radius 3 is 0.797 bits per heavy atom. The van der Waals surface area contributed by atoms with Gasteiger partial charge in [0.2, 0.25) is 5.75 Å². The number of aromatic nitrogens is 2. The Labute approximate surface area is 382 Å². The molecular formula is C59H66N2O3. The lowest BCUT2D eigenvalue weighted by molar-refractivity contribution is 0.324. The summed E-state index contributed by atoms with van der Waals surface area (Å²) in [5.41, 5.74) is 17.5. The normalized spacial score (nSPS) is 12.3. The topological polar surface area (TPSA) is 53.5 Å². The van der Waals surface area contributed by atoms with Gasteiger partial charge >= 0.3 is 0 Å². The van der Waals surface area contributed by atoms with Gasteiger partial charge in [0.25, 0.3) is 0 Å². The van der Waals surface area contributed by atoms with Crippen LogP contribution >= 0.6 is 0 Å². The molecule has 0 atom stereocenters. The standard InChI is InChI=1S/C59H66N2O3/c1-56(2,3)43-24-16-37(17-25-43)49-50(38-18-26-44(27-19-38)57(4,5)6)52(40-22-30-46(31-23-40)59(10,11)12)54(42-34-60-36-61-35-42)53(41-32-47(62-13)55(64-15)48(33-41)63-14)51(49)39-20-28-45(29-21-39)58(7,8)9/h16-36H,1-15H3. The van der Waals surface area contributed by atoms with E-state index in [4.69, 9.17) is 14.2 Å². The summed E-state index contributed by atoms with van der Waals surface area (Å²) in [4.78, 5) is 9.37. The molecule has 0 fully saturated rings. The average Bonchev–Trinajstić information content (AvgIpc) is 3.26. The van der Waals surface area contributed by atoms with Crippen LogP contribution in [0.5, 0.6) is 17.2 Å². The molecule has 64 heavy (non-hydrogen) atoms. The first kappa shape index (κ1) is 45.8. The van der Waals surface area contributed by atoms with E-state index in [2.05, 4.69) is 202 Å². The van der Waals surface area contributed by atoms with Crippen LogP contribution in [-0.2, 0) is 21.7 Å². The molecule has 7 rings (SSSR count). The smallest absolute Gasteiger partial charge is 0.203 e. The Morgan fingerprint density at radius 2 is 0.562 bits per heavy atom. The van der Waals surface area contributed by atoms with Crippen LogP contribution in [0, 0.1) is 0 Å². The van der Waals surface area contributed by atoms with Crippen LogP contribution in [0.15, 0.2) is 128 Å². The highest BCUT2D eigenvalue weighted by Crippen LogP contribution is 2.57. The van der Waals surface area contributed by atoms with Gasteiger partial charge < -0.3 is 14.2 Å². The molecule has 0 unspecified atom stereocenters. The van der Waals surface area contributed by atoms with E-state index in [1.807, 2.05) is 12.4 Å². The maximum absolute atomic E-state index is 6.11. The number of benzene rings is 6. The van der Waals surface area contributed by atoms with Crippen LogP contribution in [0.1, 0.15) is 105 Å². The third kappa shape index (κ3) is 9.09. The molecule has 0 saturated carbocycles. The minimum atomic E-state index is -0.0424. The first-order valence-electron chi connectivity index (χ1n) is 22.4. The number of methoxy groups -OCH3 is 3. The molecule has 0 radical (unpaired) electrons. The summed E-state index contributed by atoms with van der Waals surface area (Å²) in [6, 6.07) is 40.9. The molecule has 5 heteroatoms. The van der Waals surface area contributed by atoms with Gasteiger partial charge in [-0.1, -0.05) is 180 Å². The van der Waals surface area contributed by atoms with Gasteiger partial charge in [0.05, 0.1) is 21.3 Å². The van der Waals surface area contributed by atoms with E-state index in [1.54, 1.807) is 27.7 Å². The van der Waals surface area contributed by atoms with Crippen molar-refractivity contribution in [2.24, 2.45) is 0 Å². The molecule has 0 N–H and O–H groups in total. The molecule has 0 spiro atoms. The van der Waals surface area contributed by atoms with E-state index in [0.717, 1.165) is 66.8 Å². The van der Waals surface area contributed by atoms with Gasteiger partial charge in [-0.3, -0.25) is 0 Å². The molecule has 0 aliphatic rings. The third-order valence-electron chi connectivity index (χ3n) is 12.5. The van der Waals surface area contributed by atoms with Gasteiger partial charge in [-0.25, -0.2) is 9.97 Å². The monoisotopic (exact) mass is 851 g/mol. The third-order valence-corrected chi connectivity index (χ3v) is 12.5. The summed E-state index contributed by atoms with van der Waals surface area (Å²) in [5, 5.41) is 0. The molecule has 7 aromatic rings. The summed E-state index contributed by atoms with van der Waals surface area (Å²) < 4.78 is 18.1. The SMILES string of the molecule is COc1cc(-c2c(-c3ccc(C(C)(C)C)cc3)c(-c3ccc(C(C)(C)C)cc3)c(-c3ccc(C(C)(C)C)cc3)c(-c3ccc(C(C)(C)C)cc3)c2-c2cncnc2)cc(OC)c1OC. The van der Waals surface area contributed by atoms with Crippen molar-refractivity contribution in [1.29, 1.82) is 0 Å². The van der Waals surface area contributed by atoms with E-state index in [-0.39, 0.29) is 21.7 Å². The molecule has 5 nitrogen and oxygen atoms in total. The Balaban J connectivity index is 1.82. The summed E-state index contributed by atoms with van der Waals surface area (Å²) in [7, 11) is 5.00. The van der Waals surface area contributed by atoms with Gasteiger partial charge in [-0.2, -0.15) is 0 Å². The van der Waals surface area contributed by atoms with Gasteiger partial charge in [0.1, 0.15) is 6.33 Å². The molecular weight excluding hydrogens is 785 g/mol. The molecule has 0 saturated heterocycles. The largest absolute Gasteiger partial charge is 0.493 e. The van der Waals surface area contributed by atoms with Crippen molar-refractivity contribution in [3.63, 3.8) is 0 Å². The lowest BCUT2D eigenvalue weighted by Gasteiger charge is -2.30. The van der Waals surface area contributed by atoms with Crippen molar-refractivity contribution < 1.29 is 14.2 Å². The Hall–Kier alpha value is -6.20. The molecule has 6 aromatic carbocycles. The second kappa shape index (κ2) is 17.4. The average molecular weight is 851 g/mol. The van der Waals surface area contributed by atoms with Crippen molar-refractivity contribution in [3.05, 3.63) is 150 Å². The molecule has 0 amide bonds. The molecule has 1 heterocycles. The van der Waals surface area contributed by atoms with Crippen LogP contribution in [0.4, 0.5) is 0 Å². The fourth-order valence-electron chi connectivity index (χ4n) is 8.68. The van der Waals surface area contributed by atoms with Crippen molar-refractivity contribution in [3.8, 4) is 84.0 Å². The Bertz CT molecular complexity index is 2720. The zero-order valence-electron chi connectivity index (χ0n) is 40.7. The number of hydrogen-bond acceptors (Lipinski definition) is 5. The second-order valence-corrected chi connectivity index (χ2v) is 21.1. The molecule has 1 aromatic heterocycles. The van der Waals surface area contributed by atoms with E-state index < -0.39 is 0 Å². The van der Waals surface area contributed by atoms with Crippen LogP contribution in [0.2, 0.25) is 0 Å². The summed E-state index contributed by atoms with van der Waals surface area (Å²) in [6.45, 7) is 27.2. The zero-order chi connectivity index (χ0) is 46.4. The van der Waals surface area contributed by atoms with Crippen molar-refractivity contribution >= 4 is 0 Å². The van der Waals surface area contributed by atoms with Crippen molar-refractivity contribution in [2.45, 2.75) is 105 Å². The van der Waals surface area contributed by atoms with Crippen LogP contribution in [0.3, 0.4) is 0 Å². The highest BCUT2D eigenvalue weighted by atomic mass is 16.5. The molecule has 330 valence electrons. The zero-order valence-corrected chi connectivity index (χ0v) is 40.7. The first-order valence-corrected chi connectivity index (χ1v) is 22.4. The minimum Gasteiger partial charge on any atom is -0.493 e. The molecule has 0 aliphatic carbocycles. The number of nitrogens with zero attached hydrogens (tertiary/aromatic N) is 2. The molecule has 0 aliphatic heterocycles. The predicted molar refractivity (Wildman–Crippen MR) is 269 cm³/mol. The maximum atomic E-state index is 6.11. The van der Waals surface area contributed by atoms with Gasteiger partial charge in [0, 0.05) is 23.5 Å². The van der Waals surface area contributed by atoms with E-state index in [9.17, 15) is 0 Å². The van der Waals surface area contributed by atoms with Crippen LogP contribution in [0.25, 0.3) is 66.8 Å². The quantitative estimate of drug-likeness (QED) is 0.145. The molecule has 0 bridgehead atoms. The first-order chi connectivity index (χ1) is 30.1. The fraction of sp³-hybridized carbons (Fsp3) is 0.322. The van der Waals surface area contributed by atoms with E-state index in [0.29, 0.717) is 17.2 Å². The van der Waals surface area contributed by atoms with Crippen LogP contribution in [-0.4, -0.2) is 31.3 Å². The Kier molecular flexibility index (Phi) is 12.5. The van der Waals surface area contributed by atoms with Gasteiger partial charge in [0.15, 0.2) is 11.5 Å². The summed E-state index contributed by atoms with van der Waals surface area (Å²) in [6.07, 6.45) is 5.48. The highest BCUT2D eigenvalue weighted by Gasteiger charge is 2.32.